The van der Waals surface area contributed by atoms with Crippen molar-refractivity contribution >= 4 is 5.57 Å². The third kappa shape index (κ3) is 2.78. The molecule has 2 unspecified atom stereocenters. The van der Waals surface area contributed by atoms with E-state index in [2.05, 4.69) is 6.08 Å². The molecule has 134 valence electrons. The fourth-order valence-electron chi connectivity index (χ4n) is 4.73. The average molecular weight is 354 g/mol. The van der Waals surface area contributed by atoms with Gasteiger partial charge in [0.2, 0.25) is 0 Å². The Balaban J connectivity index is 1.36. The Labute approximate surface area is 151 Å². The highest BCUT2D eigenvalue weighted by Crippen LogP contribution is 2.52. The zero-order chi connectivity index (χ0) is 17.7. The minimum atomic E-state index is -0.555. The zero-order valence-electron chi connectivity index (χ0n) is 14.4. The van der Waals surface area contributed by atoms with Gasteiger partial charge in [-0.15, -0.1) is 0 Å². The average Bonchev–Trinajstić information content (AvgIpc) is 3.30. The topological polar surface area (TPSA) is 18.5 Å². The molecule has 0 radical (unpaired) electrons. The van der Waals surface area contributed by atoms with Crippen molar-refractivity contribution in [1.29, 1.82) is 0 Å². The molecule has 2 aromatic carbocycles. The van der Waals surface area contributed by atoms with Crippen LogP contribution in [0.2, 0.25) is 0 Å². The number of ether oxygens (including phenoxy) is 2. The molecule has 2 atom stereocenters. The molecule has 0 amide bonds. The van der Waals surface area contributed by atoms with Gasteiger partial charge in [0.05, 0.1) is 13.2 Å². The van der Waals surface area contributed by atoms with E-state index in [9.17, 15) is 8.78 Å². The number of hydrogen-bond donors (Lipinski definition) is 0. The second-order valence-corrected chi connectivity index (χ2v) is 7.57. The molecule has 1 spiro atoms. The molecule has 5 rings (SSSR count). The van der Waals surface area contributed by atoms with Gasteiger partial charge in [0.25, 0.3) is 0 Å². The highest BCUT2D eigenvalue weighted by atomic mass is 19.1. The van der Waals surface area contributed by atoms with Crippen LogP contribution in [0.15, 0.2) is 48.5 Å². The molecular weight excluding hydrogens is 334 g/mol. The summed E-state index contributed by atoms with van der Waals surface area (Å²) in [7, 11) is 0. The largest absolute Gasteiger partial charge is 0.348 e. The Morgan fingerprint density at radius 1 is 0.808 bits per heavy atom. The van der Waals surface area contributed by atoms with Crippen LogP contribution in [0, 0.1) is 23.5 Å². The van der Waals surface area contributed by atoms with Crippen LogP contribution >= 0.6 is 0 Å². The summed E-state index contributed by atoms with van der Waals surface area (Å²) in [6.45, 7) is 1.41. The summed E-state index contributed by atoms with van der Waals surface area (Å²) in [5.41, 5.74) is 3.91. The van der Waals surface area contributed by atoms with Crippen molar-refractivity contribution in [2.75, 3.05) is 13.2 Å². The Hall–Kier alpha value is -2.04. The van der Waals surface area contributed by atoms with E-state index in [-0.39, 0.29) is 5.79 Å². The molecule has 0 N–H and O–H groups in total. The molecule has 4 heteroatoms. The molecule has 2 nitrogen and oxygen atoms in total. The third-order valence-electron chi connectivity index (χ3n) is 5.89. The van der Waals surface area contributed by atoms with E-state index in [4.69, 9.17) is 9.47 Å². The number of rotatable bonds is 2. The molecule has 26 heavy (non-hydrogen) atoms. The van der Waals surface area contributed by atoms with Crippen LogP contribution in [0.4, 0.5) is 8.78 Å². The Bertz CT molecular complexity index is 846. The van der Waals surface area contributed by atoms with Crippen LogP contribution in [0.25, 0.3) is 16.7 Å². The summed E-state index contributed by atoms with van der Waals surface area (Å²) in [5, 5.41) is 0. The summed E-state index contributed by atoms with van der Waals surface area (Å²) in [6, 6.07) is 11.6. The van der Waals surface area contributed by atoms with Gasteiger partial charge >= 0.3 is 0 Å². The summed E-state index contributed by atoms with van der Waals surface area (Å²) in [4.78, 5) is 0. The molecule has 2 fully saturated rings. The number of fused-ring (bicyclic) bond motifs is 1. The van der Waals surface area contributed by atoms with Gasteiger partial charge in [0.15, 0.2) is 5.79 Å². The number of benzene rings is 2. The van der Waals surface area contributed by atoms with E-state index in [0.717, 1.165) is 30.9 Å². The standard InChI is InChI=1S/C22H20F2O2/c23-20-9-17(10-21(24)11-20)15-3-1-14(2-4-15)16-7-18-12-22(13-19(18)8-16)25-5-6-26-22/h1-4,7,9-11,18-19H,5-6,8,12-13H2. The summed E-state index contributed by atoms with van der Waals surface area (Å²) < 4.78 is 38.6. The van der Waals surface area contributed by atoms with Crippen molar-refractivity contribution in [1.82, 2.24) is 0 Å². The third-order valence-corrected chi connectivity index (χ3v) is 5.89. The molecule has 2 aromatic rings. The molecule has 0 aromatic heterocycles. The van der Waals surface area contributed by atoms with Crippen LogP contribution in [-0.2, 0) is 9.47 Å². The van der Waals surface area contributed by atoms with Gasteiger partial charge in [-0.05, 0) is 52.7 Å². The first kappa shape index (κ1) is 16.2. The molecular formula is C22H20F2O2. The molecule has 1 saturated carbocycles. The van der Waals surface area contributed by atoms with Crippen molar-refractivity contribution in [2.24, 2.45) is 11.8 Å². The Morgan fingerprint density at radius 3 is 2.12 bits per heavy atom. The molecule has 2 aliphatic carbocycles. The number of halogens is 2. The van der Waals surface area contributed by atoms with Crippen LogP contribution in [0.5, 0.6) is 0 Å². The summed E-state index contributed by atoms with van der Waals surface area (Å²) >= 11 is 0. The number of hydrogen-bond acceptors (Lipinski definition) is 2. The maximum atomic E-state index is 13.4. The van der Waals surface area contributed by atoms with Gasteiger partial charge in [-0.3, -0.25) is 0 Å². The fourth-order valence-corrected chi connectivity index (χ4v) is 4.73. The second-order valence-electron chi connectivity index (χ2n) is 7.57. The summed E-state index contributed by atoms with van der Waals surface area (Å²) in [6.07, 6.45) is 5.31. The highest BCUT2D eigenvalue weighted by molar-refractivity contribution is 5.72. The van der Waals surface area contributed by atoms with Crippen LogP contribution in [0.1, 0.15) is 24.8 Å². The van der Waals surface area contributed by atoms with E-state index < -0.39 is 11.6 Å². The van der Waals surface area contributed by atoms with Crippen molar-refractivity contribution in [3.63, 3.8) is 0 Å². The SMILES string of the molecule is Fc1cc(F)cc(-c2ccc(C3=CC4CC5(CC4C3)OCCO5)cc2)c1. The van der Waals surface area contributed by atoms with Crippen molar-refractivity contribution in [3.05, 3.63) is 65.7 Å². The minimum absolute atomic E-state index is 0.331. The van der Waals surface area contributed by atoms with Gasteiger partial charge in [-0.1, -0.05) is 30.3 Å². The van der Waals surface area contributed by atoms with E-state index >= 15 is 0 Å². The van der Waals surface area contributed by atoms with Gasteiger partial charge in [-0.25, -0.2) is 8.78 Å². The van der Waals surface area contributed by atoms with Crippen molar-refractivity contribution < 1.29 is 18.3 Å². The molecule has 1 saturated heterocycles. The van der Waals surface area contributed by atoms with E-state index in [1.54, 1.807) is 0 Å². The lowest BCUT2D eigenvalue weighted by Crippen LogP contribution is -2.26. The Kier molecular flexibility index (Phi) is 3.73. The molecule has 3 aliphatic rings. The lowest BCUT2D eigenvalue weighted by atomic mass is 9.96. The smallest absolute Gasteiger partial charge is 0.169 e. The zero-order valence-corrected chi connectivity index (χ0v) is 14.4. The lowest BCUT2D eigenvalue weighted by molar-refractivity contribution is -0.153. The van der Waals surface area contributed by atoms with Crippen molar-refractivity contribution in [3.8, 4) is 11.1 Å². The normalized spacial score (nSPS) is 26.3. The first-order valence-corrected chi connectivity index (χ1v) is 9.16. The molecule has 0 bridgehead atoms. The quantitative estimate of drug-likeness (QED) is 0.739. The first-order chi connectivity index (χ1) is 12.6. The van der Waals surface area contributed by atoms with Crippen LogP contribution < -0.4 is 0 Å². The summed E-state index contributed by atoms with van der Waals surface area (Å²) in [5.74, 6) is -0.343. The predicted octanol–water partition coefficient (Wildman–Crippen LogP) is 5.19. The Morgan fingerprint density at radius 2 is 1.46 bits per heavy atom. The lowest BCUT2D eigenvalue weighted by Gasteiger charge is -2.22. The molecule has 1 heterocycles. The van der Waals surface area contributed by atoms with Gasteiger partial charge < -0.3 is 9.47 Å². The van der Waals surface area contributed by atoms with Crippen LogP contribution in [-0.4, -0.2) is 19.0 Å². The van der Waals surface area contributed by atoms with Crippen LogP contribution in [0.3, 0.4) is 0 Å². The van der Waals surface area contributed by atoms with Gasteiger partial charge in [0, 0.05) is 18.9 Å². The highest BCUT2D eigenvalue weighted by Gasteiger charge is 2.50. The number of allylic oxidation sites excluding steroid dienone is 2. The maximum Gasteiger partial charge on any atom is 0.169 e. The molecule has 1 aliphatic heterocycles. The second kappa shape index (κ2) is 6.00. The van der Waals surface area contributed by atoms with E-state index in [0.29, 0.717) is 30.6 Å². The van der Waals surface area contributed by atoms with Gasteiger partial charge in [0.1, 0.15) is 11.6 Å². The van der Waals surface area contributed by atoms with Crippen molar-refractivity contribution in [2.45, 2.75) is 25.0 Å². The fraction of sp³-hybridized carbons (Fsp3) is 0.364. The predicted molar refractivity (Wildman–Crippen MR) is 95.2 cm³/mol. The van der Waals surface area contributed by atoms with E-state index in [1.807, 2.05) is 24.3 Å². The van der Waals surface area contributed by atoms with Gasteiger partial charge in [-0.2, -0.15) is 0 Å². The maximum absolute atomic E-state index is 13.4. The first-order valence-electron chi connectivity index (χ1n) is 9.16. The monoisotopic (exact) mass is 354 g/mol. The minimum Gasteiger partial charge on any atom is -0.348 e. The van der Waals surface area contributed by atoms with E-state index in [1.165, 1.54) is 23.3 Å².